The summed E-state index contributed by atoms with van der Waals surface area (Å²) in [7, 11) is 0. The average molecular weight is 319 g/mol. The number of nitrogens with one attached hydrogen (secondary N) is 2. The molecule has 23 heavy (non-hydrogen) atoms. The lowest BCUT2D eigenvalue weighted by atomic mass is 9.98. The lowest BCUT2D eigenvalue weighted by Gasteiger charge is -2.35. The monoisotopic (exact) mass is 319 g/mol. The second-order valence-electron chi connectivity index (χ2n) is 6.96. The van der Waals surface area contributed by atoms with Gasteiger partial charge < -0.3 is 10.3 Å². The second kappa shape index (κ2) is 7.30. The molecule has 2 rings (SSSR count). The standard InChI is InChI=1S/C18H29N3O2/c1-11-6-8-21(9-7-11)12(2)10-19-18(23)17-13(3)16(15(5)22)14(4)20-17/h11-12,20H,6-10H2,1-5H3,(H,19,23). The number of H-pyrrole nitrogens is 1. The molecule has 1 aliphatic rings. The number of hydrogen-bond acceptors (Lipinski definition) is 3. The van der Waals surface area contributed by atoms with E-state index in [1.165, 1.54) is 19.8 Å². The molecule has 0 spiro atoms. The Morgan fingerprint density at radius 1 is 1.30 bits per heavy atom. The summed E-state index contributed by atoms with van der Waals surface area (Å²) in [4.78, 5) is 29.6. The molecule has 0 bridgehead atoms. The molecule has 128 valence electrons. The van der Waals surface area contributed by atoms with Crippen molar-refractivity contribution in [3.63, 3.8) is 0 Å². The molecule has 1 saturated heterocycles. The Labute approximate surface area is 138 Å². The number of rotatable bonds is 5. The third kappa shape index (κ3) is 4.02. The van der Waals surface area contributed by atoms with Gasteiger partial charge in [0.1, 0.15) is 5.69 Å². The highest BCUT2D eigenvalue weighted by Gasteiger charge is 2.23. The van der Waals surface area contributed by atoms with Crippen LogP contribution in [-0.4, -0.2) is 47.3 Å². The molecular weight excluding hydrogens is 290 g/mol. The van der Waals surface area contributed by atoms with Gasteiger partial charge in [0.15, 0.2) is 5.78 Å². The van der Waals surface area contributed by atoms with Crippen molar-refractivity contribution in [2.75, 3.05) is 19.6 Å². The van der Waals surface area contributed by atoms with Gasteiger partial charge in [0.25, 0.3) is 5.91 Å². The second-order valence-corrected chi connectivity index (χ2v) is 6.96. The molecule has 5 nitrogen and oxygen atoms in total. The Balaban J connectivity index is 1.95. The zero-order valence-electron chi connectivity index (χ0n) is 15.0. The van der Waals surface area contributed by atoms with Crippen molar-refractivity contribution < 1.29 is 9.59 Å². The van der Waals surface area contributed by atoms with E-state index < -0.39 is 0 Å². The fourth-order valence-electron chi connectivity index (χ4n) is 3.43. The van der Waals surface area contributed by atoms with Crippen LogP contribution in [0.25, 0.3) is 0 Å². The third-order valence-corrected chi connectivity index (χ3v) is 5.02. The van der Waals surface area contributed by atoms with Gasteiger partial charge in [0, 0.05) is 23.8 Å². The van der Waals surface area contributed by atoms with Gasteiger partial charge in [-0.1, -0.05) is 6.92 Å². The zero-order chi connectivity index (χ0) is 17.1. The van der Waals surface area contributed by atoms with Crippen molar-refractivity contribution in [1.82, 2.24) is 15.2 Å². The summed E-state index contributed by atoms with van der Waals surface area (Å²) in [6.07, 6.45) is 2.46. The summed E-state index contributed by atoms with van der Waals surface area (Å²) < 4.78 is 0. The number of ketones is 1. The molecule has 1 atom stereocenters. The largest absolute Gasteiger partial charge is 0.354 e. The Morgan fingerprint density at radius 3 is 2.43 bits per heavy atom. The third-order valence-electron chi connectivity index (χ3n) is 5.02. The van der Waals surface area contributed by atoms with Crippen molar-refractivity contribution in [3.8, 4) is 0 Å². The quantitative estimate of drug-likeness (QED) is 0.820. The topological polar surface area (TPSA) is 65.2 Å². The Kier molecular flexibility index (Phi) is 5.63. The van der Waals surface area contributed by atoms with E-state index in [2.05, 4.69) is 29.0 Å². The number of aryl methyl sites for hydroxylation is 1. The summed E-state index contributed by atoms with van der Waals surface area (Å²) in [5.41, 5.74) is 2.64. The molecule has 1 aromatic rings. The molecule has 1 aliphatic heterocycles. The minimum atomic E-state index is -0.129. The molecule has 5 heteroatoms. The first-order chi connectivity index (χ1) is 10.8. The first-order valence-corrected chi connectivity index (χ1v) is 8.53. The summed E-state index contributed by atoms with van der Waals surface area (Å²) in [5.74, 6) is 0.670. The van der Waals surface area contributed by atoms with E-state index in [0.29, 0.717) is 23.8 Å². The normalized spacial score (nSPS) is 18.0. The van der Waals surface area contributed by atoms with Crippen LogP contribution in [0.1, 0.15) is 65.7 Å². The summed E-state index contributed by atoms with van der Waals surface area (Å²) >= 11 is 0. The lowest BCUT2D eigenvalue weighted by molar-refractivity contribution is 0.0916. The number of nitrogens with zero attached hydrogens (tertiary/aromatic N) is 1. The Hall–Kier alpha value is -1.62. The molecule has 0 aliphatic carbocycles. The maximum atomic E-state index is 12.4. The summed E-state index contributed by atoms with van der Waals surface area (Å²) in [6, 6.07) is 0.329. The number of hydrogen-bond donors (Lipinski definition) is 2. The molecule has 0 aromatic carbocycles. The van der Waals surface area contributed by atoms with Gasteiger partial charge in [-0.25, -0.2) is 0 Å². The van der Waals surface area contributed by atoms with Crippen LogP contribution >= 0.6 is 0 Å². The van der Waals surface area contributed by atoms with Crippen molar-refractivity contribution in [1.29, 1.82) is 0 Å². The van der Waals surface area contributed by atoms with Crippen molar-refractivity contribution in [2.45, 2.75) is 53.5 Å². The maximum absolute atomic E-state index is 12.4. The van der Waals surface area contributed by atoms with Crippen LogP contribution in [0.4, 0.5) is 0 Å². The van der Waals surface area contributed by atoms with Gasteiger partial charge in [-0.15, -0.1) is 0 Å². The van der Waals surface area contributed by atoms with E-state index in [-0.39, 0.29) is 11.7 Å². The van der Waals surface area contributed by atoms with E-state index in [1.807, 2.05) is 13.8 Å². The number of Topliss-reactive ketones (excluding diaryl/α,β-unsaturated/α-hetero) is 1. The van der Waals surface area contributed by atoms with Crippen LogP contribution in [0, 0.1) is 19.8 Å². The van der Waals surface area contributed by atoms with E-state index in [0.717, 1.165) is 30.3 Å². The van der Waals surface area contributed by atoms with Gasteiger partial charge >= 0.3 is 0 Å². The number of aromatic amines is 1. The first-order valence-electron chi connectivity index (χ1n) is 8.53. The minimum Gasteiger partial charge on any atom is -0.354 e. The molecule has 1 fully saturated rings. The minimum absolute atomic E-state index is 0.00824. The van der Waals surface area contributed by atoms with E-state index in [4.69, 9.17) is 0 Å². The van der Waals surface area contributed by atoms with E-state index >= 15 is 0 Å². The molecule has 0 radical (unpaired) electrons. The highest BCUT2D eigenvalue weighted by atomic mass is 16.2. The molecule has 1 unspecified atom stereocenters. The van der Waals surface area contributed by atoms with Crippen molar-refractivity contribution >= 4 is 11.7 Å². The van der Waals surface area contributed by atoms with Gasteiger partial charge in [0.2, 0.25) is 0 Å². The van der Waals surface area contributed by atoms with Crippen LogP contribution in [0.2, 0.25) is 0 Å². The predicted molar refractivity (Wildman–Crippen MR) is 92.0 cm³/mol. The molecule has 2 heterocycles. The Bertz CT molecular complexity index is 583. The highest BCUT2D eigenvalue weighted by Crippen LogP contribution is 2.19. The summed E-state index contributed by atoms with van der Waals surface area (Å²) in [5, 5.41) is 3.00. The number of aromatic nitrogens is 1. The van der Waals surface area contributed by atoms with Crippen LogP contribution in [0.15, 0.2) is 0 Å². The van der Waals surface area contributed by atoms with Crippen molar-refractivity contribution in [2.24, 2.45) is 5.92 Å². The van der Waals surface area contributed by atoms with Crippen LogP contribution < -0.4 is 5.32 Å². The maximum Gasteiger partial charge on any atom is 0.268 e. The number of piperidine rings is 1. The predicted octanol–water partition coefficient (Wildman–Crippen LogP) is 2.68. The number of likely N-dealkylation sites (tertiary alicyclic amines) is 1. The fraction of sp³-hybridized carbons (Fsp3) is 0.667. The molecule has 1 aromatic heterocycles. The molecule has 2 N–H and O–H groups in total. The van der Waals surface area contributed by atoms with Gasteiger partial charge in [-0.3, -0.25) is 14.5 Å². The van der Waals surface area contributed by atoms with Crippen LogP contribution in [0.5, 0.6) is 0 Å². The molecule has 0 saturated carbocycles. The van der Waals surface area contributed by atoms with Crippen LogP contribution in [-0.2, 0) is 0 Å². The van der Waals surface area contributed by atoms with Crippen LogP contribution in [0.3, 0.4) is 0 Å². The Morgan fingerprint density at radius 2 is 1.91 bits per heavy atom. The molecular formula is C18H29N3O2. The number of amides is 1. The van der Waals surface area contributed by atoms with E-state index in [9.17, 15) is 9.59 Å². The van der Waals surface area contributed by atoms with Gasteiger partial charge in [0.05, 0.1) is 0 Å². The van der Waals surface area contributed by atoms with Crippen molar-refractivity contribution in [3.05, 3.63) is 22.5 Å². The zero-order valence-corrected chi connectivity index (χ0v) is 15.0. The van der Waals surface area contributed by atoms with Gasteiger partial charge in [-0.05, 0) is 65.1 Å². The SMILES string of the molecule is CC(=O)c1c(C)[nH]c(C(=O)NCC(C)N2CCC(C)CC2)c1C. The number of carbonyl (C=O) groups is 2. The fourth-order valence-corrected chi connectivity index (χ4v) is 3.43. The average Bonchev–Trinajstić information content (AvgIpc) is 2.80. The molecule has 1 amide bonds. The number of carbonyl (C=O) groups excluding carboxylic acids is 2. The van der Waals surface area contributed by atoms with Gasteiger partial charge in [-0.2, -0.15) is 0 Å². The lowest BCUT2D eigenvalue weighted by Crippen LogP contribution is -2.45. The highest BCUT2D eigenvalue weighted by molar-refractivity contribution is 6.02. The smallest absolute Gasteiger partial charge is 0.268 e. The first kappa shape index (κ1) is 17.7. The summed E-state index contributed by atoms with van der Waals surface area (Å²) in [6.45, 7) is 12.5. The van der Waals surface area contributed by atoms with E-state index in [1.54, 1.807) is 0 Å².